The van der Waals surface area contributed by atoms with Gasteiger partial charge in [-0.05, 0) is 44.4 Å². The molecule has 2 N–H and O–H groups in total. The van der Waals surface area contributed by atoms with Crippen molar-refractivity contribution < 1.29 is 23.9 Å². The van der Waals surface area contributed by atoms with E-state index in [9.17, 15) is 14.4 Å². The first-order valence-electron chi connectivity index (χ1n) is 14.8. The van der Waals surface area contributed by atoms with E-state index >= 15 is 0 Å². The molecule has 11 heteroatoms. The van der Waals surface area contributed by atoms with Gasteiger partial charge >= 0.3 is 0 Å². The van der Waals surface area contributed by atoms with Crippen molar-refractivity contribution in [2.24, 2.45) is 11.8 Å². The summed E-state index contributed by atoms with van der Waals surface area (Å²) in [6, 6.07) is 4.11. The highest BCUT2D eigenvalue weighted by Crippen LogP contribution is 2.59. The molecule has 4 heterocycles. The molecule has 6 rings (SSSR count). The molecular formula is C30H38Cl2N4O5. The summed E-state index contributed by atoms with van der Waals surface area (Å²) in [6.45, 7) is 6.15. The molecule has 5 aliphatic rings. The van der Waals surface area contributed by atoms with Crippen molar-refractivity contribution in [2.45, 2.75) is 68.7 Å². The van der Waals surface area contributed by atoms with E-state index in [-0.39, 0.29) is 23.8 Å². The van der Waals surface area contributed by atoms with Crippen molar-refractivity contribution in [1.82, 2.24) is 15.1 Å². The van der Waals surface area contributed by atoms with Crippen LogP contribution in [0.4, 0.5) is 5.69 Å². The second-order valence-electron chi connectivity index (χ2n) is 12.1. The van der Waals surface area contributed by atoms with Crippen LogP contribution in [0.1, 0.15) is 45.4 Å². The Labute approximate surface area is 250 Å². The Kier molecular flexibility index (Phi) is 8.11. The summed E-state index contributed by atoms with van der Waals surface area (Å²) in [7, 11) is 0. The van der Waals surface area contributed by atoms with Crippen LogP contribution in [0.2, 0.25) is 10.0 Å². The van der Waals surface area contributed by atoms with Gasteiger partial charge in [-0.2, -0.15) is 0 Å². The fourth-order valence-electron chi connectivity index (χ4n) is 7.48. The number of fused-ring (bicyclic) bond motifs is 1. The molecule has 0 aromatic heterocycles. The molecule has 1 aromatic carbocycles. The quantitative estimate of drug-likeness (QED) is 0.439. The minimum atomic E-state index is -1.21. The van der Waals surface area contributed by atoms with E-state index in [1.165, 1.54) is 6.42 Å². The second kappa shape index (κ2) is 11.5. The predicted molar refractivity (Wildman–Crippen MR) is 156 cm³/mol. The van der Waals surface area contributed by atoms with Gasteiger partial charge in [0.15, 0.2) is 0 Å². The molecule has 9 nitrogen and oxygen atoms in total. The van der Waals surface area contributed by atoms with Gasteiger partial charge in [-0.25, -0.2) is 0 Å². The number of hydrogen-bond acceptors (Lipinski definition) is 6. The monoisotopic (exact) mass is 604 g/mol. The van der Waals surface area contributed by atoms with Gasteiger partial charge < -0.3 is 25.0 Å². The SMILES string of the molecule is C[C@@]12C=CC3(O1)C(C(=O)NC1CCCCC1)N(CCCN1CCOCC1)C(=O)[C@@H]3C2C(=O)Nc1ccc(Cl)c(Cl)c1. The van der Waals surface area contributed by atoms with Gasteiger partial charge in [-0.1, -0.05) is 54.6 Å². The van der Waals surface area contributed by atoms with E-state index in [0.717, 1.165) is 45.3 Å². The van der Waals surface area contributed by atoms with Crippen molar-refractivity contribution in [2.75, 3.05) is 44.7 Å². The van der Waals surface area contributed by atoms with Gasteiger partial charge in [0.25, 0.3) is 0 Å². The number of nitrogens with one attached hydrogen (secondary N) is 2. The Morgan fingerprint density at radius 2 is 1.78 bits per heavy atom. The number of carbonyl (C=O) groups is 3. The van der Waals surface area contributed by atoms with Gasteiger partial charge in [0.2, 0.25) is 17.7 Å². The number of hydrogen-bond donors (Lipinski definition) is 2. The molecule has 3 unspecified atom stereocenters. The zero-order valence-corrected chi connectivity index (χ0v) is 24.9. The first-order valence-corrected chi connectivity index (χ1v) is 15.5. The molecule has 2 bridgehead atoms. The van der Waals surface area contributed by atoms with Gasteiger partial charge in [0.05, 0.1) is 40.7 Å². The number of likely N-dealkylation sites (tertiary alicyclic amines) is 1. The molecule has 222 valence electrons. The third-order valence-corrected chi connectivity index (χ3v) is 10.2. The summed E-state index contributed by atoms with van der Waals surface area (Å²) < 4.78 is 12.1. The Morgan fingerprint density at radius 3 is 2.51 bits per heavy atom. The molecule has 3 amide bonds. The highest BCUT2D eigenvalue weighted by Gasteiger charge is 2.76. The minimum absolute atomic E-state index is 0.0870. The number of carbonyl (C=O) groups excluding carboxylic acids is 3. The van der Waals surface area contributed by atoms with Crippen molar-refractivity contribution >= 4 is 46.6 Å². The van der Waals surface area contributed by atoms with Crippen LogP contribution in [0.3, 0.4) is 0 Å². The van der Waals surface area contributed by atoms with Gasteiger partial charge in [0.1, 0.15) is 11.6 Å². The number of halogens is 2. The Hall–Kier alpha value is -2.17. The second-order valence-corrected chi connectivity index (χ2v) is 12.9. The topological polar surface area (TPSA) is 100 Å². The fraction of sp³-hybridized carbons (Fsp3) is 0.633. The number of nitrogens with zero attached hydrogens (tertiary/aromatic N) is 2. The normalized spacial score (nSPS) is 33.3. The van der Waals surface area contributed by atoms with Crippen molar-refractivity contribution in [3.63, 3.8) is 0 Å². The van der Waals surface area contributed by atoms with E-state index in [4.69, 9.17) is 32.7 Å². The van der Waals surface area contributed by atoms with Gasteiger partial charge in [-0.3, -0.25) is 19.3 Å². The average Bonchev–Trinajstić information content (AvgIpc) is 3.52. The number of morpholine rings is 1. The van der Waals surface area contributed by atoms with Gasteiger partial charge in [0, 0.05) is 37.9 Å². The first-order chi connectivity index (χ1) is 19.7. The predicted octanol–water partition coefficient (Wildman–Crippen LogP) is 3.64. The molecule has 1 saturated carbocycles. The highest BCUT2D eigenvalue weighted by molar-refractivity contribution is 6.42. The molecule has 1 aromatic rings. The highest BCUT2D eigenvalue weighted by atomic mass is 35.5. The maximum absolute atomic E-state index is 14.2. The van der Waals surface area contributed by atoms with Crippen LogP contribution >= 0.6 is 23.2 Å². The van der Waals surface area contributed by atoms with E-state index in [1.54, 1.807) is 23.1 Å². The van der Waals surface area contributed by atoms with Crippen LogP contribution in [0.5, 0.6) is 0 Å². The Balaban J connectivity index is 1.27. The van der Waals surface area contributed by atoms with Crippen LogP contribution in [-0.4, -0.2) is 90.2 Å². The van der Waals surface area contributed by atoms with Crippen molar-refractivity contribution in [3.8, 4) is 0 Å². The first kappa shape index (κ1) is 28.9. The summed E-state index contributed by atoms with van der Waals surface area (Å²) in [5.41, 5.74) is -1.75. The van der Waals surface area contributed by atoms with Crippen LogP contribution in [0.15, 0.2) is 30.4 Å². The third-order valence-electron chi connectivity index (χ3n) is 9.44. The molecule has 41 heavy (non-hydrogen) atoms. The maximum atomic E-state index is 14.2. The van der Waals surface area contributed by atoms with Crippen LogP contribution < -0.4 is 10.6 Å². The van der Waals surface area contributed by atoms with Crippen LogP contribution in [-0.2, 0) is 23.9 Å². The number of ether oxygens (including phenoxy) is 2. The fourth-order valence-corrected chi connectivity index (χ4v) is 7.78. The molecule has 1 spiro atoms. The van der Waals surface area contributed by atoms with Crippen molar-refractivity contribution in [1.29, 1.82) is 0 Å². The zero-order valence-electron chi connectivity index (χ0n) is 23.4. The maximum Gasteiger partial charge on any atom is 0.246 e. The van der Waals surface area contributed by atoms with E-state index in [1.807, 2.05) is 19.1 Å². The molecule has 0 radical (unpaired) electrons. The lowest BCUT2D eigenvalue weighted by Crippen LogP contribution is -2.57. The third kappa shape index (κ3) is 5.29. The van der Waals surface area contributed by atoms with E-state index < -0.39 is 29.1 Å². The van der Waals surface area contributed by atoms with Crippen LogP contribution in [0, 0.1) is 11.8 Å². The summed E-state index contributed by atoms with van der Waals surface area (Å²) in [5, 5.41) is 6.87. The number of benzene rings is 1. The largest absolute Gasteiger partial charge is 0.379 e. The Bertz CT molecular complexity index is 1230. The Morgan fingerprint density at radius 1 is 1.02 bits per heavy atom. The van der Waals surface area contributed by atoms with E-state index in [0.29, 0.717) is 41.9 Å². The lowest BCUT2D eigenvalue weighted by atomic mass is 9.70. The van der Waals surface area contributed by atoms with Crippen LogP contribution in [0.25, 0.3) is 0 Å². The zero-order chi connectivity index (χ0) is 28.8. The van der Waals surface area contributed by atoms with Crippen molar-refractivity contribution in [3.05, 3.63) is 40.4 Å². The summed E-state index contributed by atoms with van der Waals surface area (Å²) in [6.07, 6.45) is 9.64. The molecule has 5 atom stereocenters. The summed E-state index contributed by atoms with van der Waals surface area (Å²) in [5.74, 6) is -2.39. The molecular weight excluding hydrogens is 567 g/mol. The van der Waals surface area contributed by atoms with Gasteiger partial charge in [-0.15, -0.1) is 0 Å². The van der Waals surface area contributed by atoms with E-state index in [2.05, 4.69) is 15.5 Å². The summed E-state index contributed by atoms with van der Waals surface area (Å²) >= 11 is 12.2. The smallest absolute Gasteiger partial charge is 0.246 e. The average molecular weight is 606 g/mol. The summed E-state index contributed by atoms with van der Waals surface area (Å²) in [4.78, 5) is 46.1. The number of rotatable bonds is 8. The number of amides is 3. The lowest BCUT2D eigenvalue weighted by molar-refractivity contribution is -0.144. The lowest BCUT2D eigenvalue weighted by Gasteiger charge is -2.35. The standard InChI is InChI=1S/C30H38Cl2N4O5/c1-29-10-11-30(41-29)24(23(29)26(37)34-20-8-9-21(31)22(32)18-20)28(39)36(13-5-12-35-14-16-40-17-15-35)25(30)27(38)33-19-6-3-2-4-7-19/h8-11,18-19,23-25H,2-7,12-17H2,1H3,(H,33,38)(H,34,37)/t23?,24-,25?,29-,30?/m0/s1. The molecule has 3 saturated heterocycles. The molecule has 1 aliphatic carbocycles. The molecule has 4 aliphatic heterocycles. The minimum Gasteiger partial charge on any atom is -0.379 e. The number of anilines is 1. The molecule has 4 fully saturated rings.